The van der Waals surface area contributed by atoms with Gasteiger partial charge in [-0.15, -0.1) is 0 Å². The molecule has 1 aromatic carbocycles. The van der Waals surface area contributed by atoms with Gasteiger partial charge in [-0.25, -0.2) is 0 Å². The molecule has 1 amide bonds. The molecule has 0 spiro atoms. The van der Waals surface area contributed by atoms with Gasteiger partial charge in [0, 0.05) is 19.7 Å². The number of nitrogens with one attached hydrogen (secondary N) is 2. The lowest BCUT2D eigenvalue weighted by Gasteiger charge is -2.06. The van der Waals surface area contributed by atoms with Gasteiger partial charge in [-0.05, 0) is 46.1 Å². The normalized spacial score (nSPS) is 8.09. The van der Waals surface area contributed by atoms with Crippen LogP contribution in [0, 0.1) is 0 Å². The Kier molecular flexibility index (Phi) is 19.6. The molecule has 0 aliphatic carbocycles. The maximum atomic E-state index is 11.3. The van der Waals surface area contributed by atoms with Gasteiger partial charge >= 0.3 is 0 Å². The molecule has 0 fully saturated rings. The van der Waals surface area contributed by atoms with E-state index in [1.54, 1.807) is 32.3 Å². The van der Waals surface area contributed by atoms with Crippen molar-refractivity contribution in [2.75, 3.05) is 40.6 Å². The number of carbonyl (C=O) groups is 1. The molecule has 22 heavy (non-hydrogen) atoms. The largest absolute Gasteiger partial charge is 0.386 e. The molecule has 1 aromatic rings. The Balaban J connectivity index is -0.000000383. The van der Waals surface area contributed by atoms with E-state index in [-0.39, 0.29) is 5.91 Å². The highest BCUT2D eigenvalue weighted by Crippen LogP contribution is 2.24. The van der Waals surface area contributed by atoms with Crippen molar-refractivity contribution in [2.24, 2.45) is 4.99 Å². The van der Waals surface area contributed by atoms with Crippen LogP contribution >= 0.6 is 0 Å². The van der Waals surface area contributed by atoms with Gasteiger partial charge in [0.15, 0.2) is 0 Å². The van der Waals surface area contributed by atoms with Crippen molar-refractivity contribution in [1.82, 2.24) is 10.2 Å². The van der Waals surface area contributed by atoms with Gasteiger partial charge in [0.05, 0.1) is 11.4 Å². The summed E-state index contributed by atoms with van der Waals surface area (Å²) in [4.78, 5) is 17.1. The average Bonchev–Trinajstić information content (AvgIpc) is 2.56. The first-order valence-corrected chi connectivity index (χ1v) is 7.57. The smallest absolute Gasteiger partial charge is 0.251 e. The van der Waals surface area contributed by atoms with E-state index in [4.69, 9.17) is 0 Å². The lowest BCUT2D eigenvalue weighted by molar-refractivity contribution is 0.0963. The number of amides is 1. The molecule has 5 heteroatoms. The van der Waals surface area contributed by atoms with Crippen molar-refractivity contribution in [1.29, 1.82) is 0 Å². The van der Waals surface area contributed by atoms with Crippen LogP contribution in [0.4, 0.5) is 11.4 Å². The van der Waals surface area contributed by atoms with Crippen LogP contribution in [0.2, 0.25) is 0 Å². The number of anilines is 1. The van der Waals surface area contributed by atoms with E-state index in [2.05, 4.69) is 22.3 Å². The molecule has 0 unspecified atom stereocenters. The first-order chi connectivity index (χ1) is 10.5. The Hall–Kier alpha value is -1.88. The third-order valence-corrected chi connectivity index (χ3v) is 1.93. The predicted molar refractivity (Wildman–Crippen MR) is 101 cm³/mol. The van der Waals surface area contributed by atoms with Crippen LogP contribution in [0.1, 0.15) is 38.1 Å². The quantitative estimate of drug-likeness (QED) is 0.838. The molecule has 0 heterocycles. The van der Waals surface area contributed by atoms with Crippen LogP contribution in [-0.2, 0) is 0 Å². The van der Waals surface area contributed by atoms with Crippen molar-refractivity contribution in [2.45, 2.75) is 27.7 Å². The van der Waals surface area contributed by atoms with Gasteiger partial charge < -0.3 is 15.5 Å². The van der Waals surface area contributed by atoms with Crippen LogP contribution in [0.5, 0.6) is 0 Å². The van der Waals surface area contributed by atoms with E-state index in [0.29, 0.717) is 5.56 Å². The number of benzene rings is 1. The monoisotopic (exact) mass is 310 g/mol. The summed E-state index contributed by atoms with van der Waals surface area (Å²) in [6, 6.07) is 5.20. The molecule has 0 aliphatic rings. The highest BCUT2D eigenvalue weighted by Gasteiger charge is 2.05. The van der Waals surface area contributed by atoms with Crippen molar-refractivity contribution < 1.29 is 4.79 Å². The van der Waals surface area contributed by atoms with Gasteiger partial charge in [0.25, 0.3) is 5.91 Å². The second-order valence-corrected chi connectivity index (χ2v) is 4.06. The van der Waals surface area contributed by atoms with E-state index in [1.165, 1.54) is 0 Å². The third-order valence-electron chi connectivity index (χ3n) is 1.93. The van der Waals surface area contributed by atoms with Gasteiger partial charge in [-0.3, -0.25) is 9.79 Å². The van der Waals surface area contributed by atoms with Crippen molar-refractivity contribution in [3.8, 4) is 0 Å². The predicted octanol–water partition coefficient (Wildman–Crippen LogP) is 3.65. The Bertz CT molecular complexity index is 401. The fourth-order valence-electron chi connectivity index (χ4n) is 1.16. The molecule has 5 nitrogen and oxygen atoms in total. The fraction of sp³-hybridized carbons (Fsp3) is 0.529. The molecule has 0 atom stereocenters. The van der Waals surface area contributed by atoms with Crippen molar-refractivity contribution in [3.05, 3.63) is 23.8 Å². The Labute approximate surface area is 136 Å². The molecular formula is C17H34N4O. The number of rotatable bonds is 3. The number of nitrogens with zero attached hydrogens (tertiary/aromatic N) is 2. The summed E-state index contributed by atoms with van der Waals surface area (Å²) < 4.78 is 0. The standard InChI is InChI=1S/C10H13N3O.C3H9N.2C2H6/c1-11-8-5-4-7(10(14)13-3)6-9(8)12-2;1-4(2)3;2*1-2/h4-6,12H,1H2,2-3H3,(H,13,14);1-3H3;2*1-2H3. The summed E-state index contributed by atoms with van der Waals surface area (Å²) in [5, 5.41) is 5.51. The second kappa shape index (κ2) is 17.2. The third kappa shape index (κ3) is 11.9. The summed E-state index contributed by atoms with van der Waals surface area (Å²) in [6.45, 7) is 11.4. The molecule has 0 saturated heterocycles. The van der Waals surface area contributed by atoms with Gasteiger partial charge in [-0.1, -0.05) is 27.7 Å². The molecular weight excluding hydrogens is 276 g/mol. The number of hydrogen-bond donors (Lipinski definition) is 2. The summed E-state index contributed by atoms with van der Waals surface area (Å²) >= 11 is 0. The van der Waals surface area contributed by atoms with Gasteiger partial charge in [-0.2, -0.15) is 0 Å². The zero-order valence-corrected chi connectivity index (χ0v) is 15.7. The van der Waals surface area contributed by atoms with Crippen LogP contribution in [0.25, 0.3) is 0 Å². The molecule has 1 rings (SSSR count). The maximum absolute atomic E-state index is 11.3. The Morgan fingerprint density at radius 2 is 1.55 bits per heavy atom. The van der Waals surface area contributed by atoms with Gasteiger partial charge in [0.1, 0.15) is 0 Å². The summed E-state index contributed by atoms with van der Waals surface area (Å²) in [6.07, 6.45) is 0. The van der Waals surface area contributed by atoms with Crippen LogP contribution in [0.3, 0.4) is 0 Å². The minimum atomic E-state index is -0.114. The Morgan fingerprint density at radius 3 is 1.86 bits per heavy atom. The van der Waals surface area contributed by atoms with Crippen molar-refractivity contribution in [3.63, 3.8) is 0 Å². The molecule has 0 aliphatic heterocycles. The topological polar surface area (TPSA) is 56.7 Å². The first-order valence-electron chi connectivity index (χ1n) is 7.57. The minimum Gasteiger partial charge on any atom is -0.386 e. The van der Waals surface area contributed by atoms with Crippen LogP contribution in [0.15, 0.2) is 23.2 Å². The van der Waals surface area contributed by atoms with E-state index in [0.717, 1.165) is 11.4 Å². The highest BCUT2D eigenvalue weighted by molar-refractivity contribution is 5.96. The minimum absolute atomic E-state index is 0.114. The molecule has 0 aromatic heterocycles. The van der Waals surface area contributed by atoms with E-state index in [9.17, 15) is 4.79 Å². The zero-order chi connectivity index (χ0) is 18.1. The summed E-state index contributed by atoms with van der Waals surface area (Å²) in [5.41, 5.74) is 2.13. The van der Waals surface area contributed by atoms with Gasteiger partial charge in [0.2, 0.25) is 0 Å². The molecule has 128 valence electrons. The summed E-state index contributed by atoms with van der Waals surface area (Å²) in [5.74, 6) is -0.114. The summed E-state index contributed by atoms with van der Waals surface area (Å²) in [7, 11) is 9.37. The zero-order valence-electron chi connectivity index (χ0n) is 15.7. The first kappa shape index (κ1) is 25.1. The lowest BCUT2D eigenvalue weighted by atomic mass is 10.1. The number of carbonyl (C=O) groups excluding carboxylic acids is 1. The van der Waals surface area contributed by atoms with Crippen LogP contribution in [-0.4, -0.2) is 52.8 Å². The van der Waals surface area contributed by atoms with E-state index >= 15 is 0 Å². The SMILES string of the molecule is C=Nc1ccc(C(=O)NC)cc1NC.CC.CC.CN(C)C. The number of aliphatic imine (C=N–C) groups is 1. The Morgan fingerprint density at radius 1 is 1.09 bits per heavy atom. The molecule has 2 N–H and O–H groups in total. The molecule has 0 bridgehead atoms. The van der Waals surface area contributed by atoms with Crippen molar-refractivity contribution >= 4 is 24.0 Å². The molecule has 0 saturated carbocycles. The maximum Gasteiger partial charge on any atom is 0.251 e. The highest BCUT2D eigenvalue weighted by atomic mass is 16.1. The molecule has 0 radical (unpaired) electrons. The number of hydrogen-bond acceptors (Lipinski definition) is 4. The lowest BCUT2D eigenvalue weighted by Crippen LogP contribution is -2.17. The van der Waals surface area contributed by atoms with Crippen LogP contribution < -0.4 is 10.6 Å². The second-order valence-electron chi connectivity index (χ2n) is 4.06. The average molecular weight is 310 g/mol. The van der Waals surface area contributed by atoms with E-state index < -0.39 is 0 Å². The fourth-order valence-corrected chi connectivity index (χ4v) is 1.16. The van der Waals surface area contributed by atoms with E-state index in [1.807, 2.05) is 53.7 Å².